The minimum absolute atomic E-state index is 0.143. The van der Waals surface area contributed by atoms with Gasteiger partial charge in [0.15, 0.2) is 21.3 Å². The first-order chi connectivity index (χ1) is 13.3. The highest BCUT2D eigenvalue weighted by Crippen LogP contribution is 2.33. The number of hydrogen-bond acceptors (Lipinski definition) is 6. The summed E-state index contributed by atoms with van der Waals surface area (Å²) in [6.07, 6.45) is 1.13. The van der Waals surface area contributed by atoms with E-state index in [1.807, 2.05) is 0 Å². The lowest BCUT2D eigenvalue weighted by atomic mass is 9.97. The zero-order chi connectivity index (χ0) is 19.9. The van der Waals surface area contributed by atoms with Crippen molar-refractivity contribution in [2.45, 2.75) is 4.90 Å². The Bertz CT molecular complexity index is 1040. The molecule has 2 aliphatic rings. The van der Waals surface area contributed by atoms with Crippen molar-refractivity contribution in [2.24, 2.45) is 5.92 Å². The van der Waals surface area contributed by atoms with Gasteiger partial charge in [0.25, 0.3) is 5.91 Å². The number of amides is 2. The normalized spacial score (nSPS) is 15.8. The minimum atomic E-state index is -3.28. The van der Waals surface area contributed by atoms with Gasteiger partial charge in [0.1, 0.15) is 0 Å². The van der Waals surface area contributed by atoms with Crippen LogP contribution in [0.3, 0.4) is 0 Å². The van der Waals surface area contributed by atoms with Crippen LogP contribution in [0.2, 0.25) is 0 Å². The van der Waals surface area contributed by atoms with Crippen molar-refractivity contribution < 1.29 is 27.5 Å². The molecule has 0 spiro atoms. The summed E-state index contributed by atoms with van der Waals surface area (Å²) in [6.45, 7) is 0.783. The molecule has 2 aromatic carbocycles. The molecule has 0 saturated carbocycles. The van der Waals surface area contributed by atoms with E-state index < -0.39 is 9.84 Å². The molecule has 2 heterocycles. The maximum absolute atomic E-state index is 12.5. The number of nitrogens with one attached hydrogen (secondary N) is 1. The fourth-order valence-electron chi connectivity index (χ4n) is 3.05. The Labute approximate surface area is 162 Å². The molecule has 28 heavy (non-hydrogen) atoms. The lowest BCUT2D eigenvalue weighted by molar-refractivity contribution is -0.123. The molecule has 4 rings (SSSR count). The van der Waals surface area contributed by atoms with Crippen LogP contribution < -0.4 is 14.8 Å². The molecule has 0 radical (unpaired) electrons. The van der Waals surface area contributed by atoms with E-state index in [1.165, 1.54) is 12.1 Å². The van der Waals surface area contributed by atoms with Crippen molar-refractivity contribution >= 4 is 27.3 Å². The van der Waals surface area contributed by atoms with Crippen LogP contribution in [0, 0.1) is 5.92 Å². The van der Waals surface area contributed by atoms with Gasteiger partial charge in [-0.05, 0) is 42.5 Å². The van der Waals surface area contributed by atoms with Gasteiger partial charge in [0.2, 0.25) is 12.7 Å². The maximum atomic E-state index is 12.5. The number of ether oxygens (including phenoxy) is 2. The Hall–Kier alpha value is -3.07. The lowest BCUT2D eigenvalue weighted by Crippen LogP contribution is -2.54. The van der Waals surface area contributed by atoms with E-state index in [-0.39, 0.29) is 29.4 Å². The van der Waals surface area contributed by atoms with Gasteiger partial charge < -0.3 is 19.7 Å². The molecule has 1 N–H and O–H groups in total. The maximum Gasteiger partial charge on any atom is 0.254 e. The molecule has 1 fully saturated rings. The summed E-state index contributed by atoms with van der Waals surface area (Å²) < 4.78 is 33.5. The Kier molecular flexibility index (Phi) is 4.46. The van der Waals surface area contributed by atoms with E-state index in [0.29, 0.717) is 35.8 Å². The molecule has 2 aliphatic heterocycles. The predicted octanol–water partition coefficient (Wildman–Crippen LogP) is 1.53. The number of anilines is 1. The Balaban J connectivity index is 1.33. The third kappa shape index (κ3) is 3.53. The third-order valence-electron chi connectivity index (χ3n) is 4.71. The second-order valence-electron chi connectivity index (χ2n) is 6.76. The highest BCUT2D eigenvalue weighted by Gasteiger charge is 2.36. The smallest absolute Gasteiger partial charge is 0.254 e. The largest absolute Gasteiger partial charge is 0.454 e. The molecule has 8 nitrogen and oxygen atoms in total. The molecule has 2 amide bonds. The SMILES string of the molecule is CS(=O)(=O)c1ccc(NC(=O)C2CN(C(=O)c3ccc4c(c3)OCO4)C2)cc1. The summed E-state index contributed by atoms with van der Waals surface area (Å²) in [5.41, 5.74) is 0.998. The molecule has 0 atom stereocenters. The molecule has 0 bridgehead atoms. The van der Waals surface area contributed by atoms with Gasteiger partial charge >= 0.3 is 0 Å². The van der Waals surface area contributed by atoms with Gasteiger partial charge in [-0.1, -0.05) is 0 Å². The van der Waals surface area contributed by atoms with Crippen molar-refractivity contribution in [3.8, 4) is 11.5 Å². The number of nitrogens with zero attached hydrogens (tertiary/aromatic N) is 1. The quantitative estimate of drug-likeness (QED) is 0.832. The summed E-state index contributed by atoms with van der Waals surface area (Å²) in [7, 11) is -3.28. The molecule has 0 aromatic heterocycles. The van der Waals surface area contributed by atoms with Crippen LogP contribution in [0.1, 0.15) is 10.4 Å². The van der Waals surface area contributed by atoms with Crippen LogP contribution in [0.4, 0.5) is 5.69 Å². The summed E-state index contributed by atoms with van der Waals surface area (Å²) in [4.78, 5) is 26.6. The average Bonchev–Trinajstić information content (AvgIpc) is 3.07. The summed E-state index contributed by atoms with van der Waals surface area (Å²) in [6, 6.07) is 11.0. The number of benzene rings is 2. The Morgan fingerprint density at radius 2 is 1.71 bits per heavy atom. The van der Waals surface area contributed by atoms with Gasteiger partial charge in [0.05, 0.1) is 10.8 Å². The van der Waals surface area contributed by atoms with Gasteiger partial charge in [-0.15, -0.1) is 0 Å². The zero-order valence-electron chi connectivity index (χ0n) is 15.0. The van der Waals surface area contributed by atoms with Crippen molar-refractivity contribution in [2.75, 3.05) is 31.5 Å². The van der Waals surface area contributed by atoms with Crippen LogP contribution in [0.15, 0.2) is 47.4 Å². The van der Waals surface area contributed by atoms with Crippen LogP contribution in [0.25, 0.3) is 0 Å². The fraction of sp³-hybridized carbons (Fsp3) is 0.263. The summed E-state index contributed by atoms with van der Waals surface area (Å²) in [5, 5.41) is 2.75. The van der Waals surface area contributed by atoms with E-state index in [9.17, 15) is 18.0 Å². The molecule has 146 valence electrons. The van der Waals surface area contributed by atoms with Gasteiger partial charge in [-0.3, -0.25) is 9.59 Å². The lowest BCUT2D eigenvalue weighted by Gasteiger charge is -2.38. The van der Waals surface area contributed by atoms with Crippen molar-refractivity contribution in [3.63, 3.8) is 0 Å². The number of hydrogen-bond donors (Lipinski definition) is 1. The second kappa shape index (κ2) is 6.83. The van der Waals surface area contributed by atoms with Crippen molar-refractivity contribution in [1.82, 2.24) is 4.90 Å². The summed E-state index contributed by atoms with van der Waals surface area (Å²) in [5.74, 6) is 0.465. The van der Waals surface area contributed by atoms with Gasteiger partial charge in [0, 0.05) is 30.6 Å². The average molecular weight is 402 g/mol. The zero-order valence-corrected chi connectivity index (χ0v) is 15.9. The molecule has 0 unspecified atom stereocenters. The number of likely N-dealkylation sites (tertiary alicyclic amines) is 1. The molecular weight excluding hydrogens is 384 g/mol. The molecular formula is C19H18N2O6S. The van der Waals surface area contributed by atoms with Crippen molar-refractivity contribution in [1.29, 1.82) is 0 Å². The third-order valence-corrected chi connectivity index (χ3v) is 5.84. The fourth-order valence-corrected chi connectivity index (χ4v) is 3.68. The topological polar surface area (TPSA) is 102 Å². The second-order valence-corrected chi connectivity index (χ2v) is 8.78. The first-order valence-corrected chi connectivity index (χ1v) is 10.5. The molecule has 9 heteroatoms. The molecule has 1 saturated heterocycles. The van der Waals surface area contributed by atoms with E-state index in [4.69, 9.17) is 9.47 Å². The highest BCUT2D eigenvalue weighted by molar-refractivity contribution is 7.90. The van der Waals surface area contributed by atoms with E-state index in [2.05, 4.69) is 5.32 Å². The highest BCUT2D eigenvalue weighted by atomic mass is 32.2. The van der Waals surface area contributed by atoms with Crippen LogP contribution in [-0.2, 0) is 14.6 Å². The minimum Gasteiger partial charge on any atom is -0.454 e. The number of fused-ring (bicyclic) bond motifs is 1. The molecule has 0 aliphatic carbocycles. The van der Waals surface area contributed by atoms with Gasteiger partial charge in [-0.25, -0.2) is 8.42 Å². The van der Waals surface area contributed by atoms with Crippen LogP contribution in [0.5, 0.6) is 11.5 Å². The molecule has 2 aromatic rings. The number of sulfone groups is 1. The standard InChI is InChI=1S/C19H18N2O6S/c1-28(24,25)15-5-3-14(4-6-15)20-18(22)13-9-21(10-13)19(23)12-2-7-16-17(8-12)27-11-26-16/h2-8,13H,9-11H2,1H3,(H,20,22). The predicted molar refractivity (Wildman–Crippen MR) is 100 cm³/mol. The van der Waals surface area contributed by atoms with E-state index in [0.717, 1.165) is 6.26 Å². The van der Waals surface area contributed by atoms with Crippen LogP contribution in [-0.4, -0.2) is 51.3 Å². The summed E-state index contributed by atoms with van der Waals surface area (Å²) >= 11 is 0. The van der Waals surface area contributed by atoms with Gasteiger partial charge in [-0.2, -0.15) is 0 Å². The number of carbonyl (C=O) groups is 2. The van der Waals surface area contributed by atoms with E-state index in [1.54, 1.807) is 35.2 Å². The van der Waals surface area contributed by atoms with Crippen LogP contribution >= 0.6 is 0 Å². The monoisotopic (exact) mass is 402 g/mol. The number of rotatable bonds is 4. The Morgan fingerprint density at radius 1 is 1.04 bits per heavy atom. The van der Waals surface area contributed by atoms with E-state index >= 15 is 0 Å². The number of carbonyl (C=O) groups excluding carboxylic acids is 2. The first kappa shape index (κ1) is 18.3. The first-order valence-electron chi connectivity index (χ1n) is 8.61. The Morgan fingerprint density at radius 3 is 2.39 bits per heavy atom. The van der Waals surface area contributed by atoms with Crippen molar-refractivity contribution in [3.05, 3.63) is 48.0 Å².